The molecule has 1 aromatic carbocycles. The quantitative estimate of drug-likeness (QED) is 0.648. The average Bonchev–Trinajstić information content (AvgIpc) is 3.35. The Morgan fingerprint density at radius 3 is 2.56 bits per heavy atom. The third-order valence-corrected chi connectivity index (χ3v) is 6.08. The Morgan fingerprint density at radius 2 is 1.96 bits per heavy atom. The van der Waals surface area contributed by atoms with Crippen LogP contribution in [0, 0.1) is 0 Å². The Bertz CT molecular complexity index is 748. The number of rotatable bonds is 7. The van der Waals surface area contributed by atoms with Crippen molar-refractivity contribution >= 4 is 28.6 Å². The second-order valence-electron chi connectivity index (χ2n) is 5.94. The van der Waals surface area contributed by atoms with Crippen molar-refractivity contribution in [2.45, 2.75) is 24.9 Å². The summed E-state index contributed by atoms with van der Waals surface area (Å²) in [5.74, 6) is -0.268. The molecule has 3 rings (SSSR count). The van der Waals surface area contributed by atoms with Crippen LogP contribution in [0.25, 0.3) is 0 Å². The Kier molecular flexibility index (Phi) is 5.68. The van der Waals surface area contributed by atoms with Crippen LogP contribution in [-0.4, -0.2) is 17.6 Å². The van der Waals surface area contributed by atoms with Gasteiger partial charge in [-0.05, 0) is 40.3 Å². The predicted molar refractivity (Wildman–Crippen MR) is 104 cm³/mol. The van der Waals surface area contributed by atoms with Crippen LogP contribution in [0.3, 0.4) is 0 Å². The minimum absolute atomic E-state index is 0.0566. The summed E-state index contributed by atoms with van der Waals surface area (Å²) >= 11 is 3.03. The van der Waals surface area contributed by atoms with Gasteiger partial charge in [0.15, 0.2) is 0 Å². The zero-order valence-electron chi connectivity index (χ0n) is 14.0. The maximum atomic E-state index is 12.7. The molecule has 0 radical (unpaired) electrons. The third kappa shape index (κ3) is 3.84. The number of carbonyl (C=O) groups excluding carboxylic acids is 1. The molecule has 0 saturated carbocycles. The first-order valence-electron chi connectivity index (χ1n) is 8.27. The molecular weight excluding hydrogens is 350 g/mol. The lowest BCUT2D eigenvalue weighted by Gasteiger charge is -2.28. The molecule has 2 heterocycles. The van der Waals surface area contributed by atoms with Gasteiger partial charge in [0.25, 0.3) is 0 Å². The van der Waals surface area contributed by atoms with Crippen LogP contribution in [0.4, 0.5) is 0 Å². The van der Waals surface area contributed by atoms with Crippen LogP contribution in [0.5, 0.6) is 0 Å². The average molecular weight is 372 g/mol. The number of thiophene rings is 2. The minimum Gasteiger partial charge on any atom is -0.378 e. The molecule has 2 N–H and O–H groups in total. The van der Waals surface area contributed by atoms with E-state index >= 15 is 0 Å². The number of carbonyl (C=O) groups is 1. The molecule has 130 valence electrons. The molecule has 2 aromatic heterocycles. The number of hydrogen-bond donors (Lipinski definition) is 2. The summed E-state index contributed by atoms with van der Waals surface area (Å²) < 4.78 is 0. The van der Waals surface area contributed by atoms with E-state index in [1.807, 2.05) is 71.6 Å². The number of hydrogen-bond acceptors (Lipinski definition) is 4. The summed E-state index contributed by atoms with van der Waals surface area (Å²) in [6.45, 7) is 2.16. The summed E-state index contributed by atoms with van der Waals surface area (Å²) in [4.78, 5) is 13.6. The molecule has 0 aliphatic carbocycles. The van der Waals surface area contributed by atoms with Gasteiger partial charge in [0.2, 0.25) is 5.91 Å². The summed E-state index contributed by atoms with van der Waals surface area (Å²) in [6, 6.07) is 15.5. The van der Waals surface area contributed by atoms with Crippen LogP contribution in [0.15, 0.2) is 64.7 Å². The fraction of sp³-hybridized carbons (Fsp3) is 0.250. The van der Waals surface area contributed by atoms with Gasteiger partial charge in [0.1, 0.15) is 5.60 Å². The van der Waals surface area contributed by atoms with Crippen molar-refractivity contribution in [2.24, 2.45) is 0 Å². The molecule has 0 saturated heterocycles. The molecule has 3 aromatic rings. The van der Waals surface area contributed by atoms with Crippen LogP contribution >= 0.6 is 22.7 Å². The molecule has 0 bridgehead atoms. The van der Waals surface area contributed by atoms with E-state index in [9.17, 15) is 9.90 Å². The summed E-state index contributed by atoms with van der Waals surface area (Å²) in [7, 11) is 0. The van der Waals surface area contributed by atoms with E-state index in [4.69, 9.17) is 0 Å². The normalized spacial score (nSPS) is 14.6. The maximum absolute atomic E-state index is 12.7. The first kappa shape index (κ1) is 17.9. The van der Waals surface area contributed by atoms with E-state index in [0.717, 1.165) is 16.0 Å². The largest absolute Gasteiger partial charge is 0.378 e. The van der Waals surface area contributed by atoms with Gasteiger partial charge >= 0.3 is 0 Å². The smallest absolute Gasteiger partial charge is 0.227 e. The van der Waals surface area contributed by atoms with Gasteiger partial charge in [-0.15, -0.1) is 11.3 Å². The Balaban J connectivity index is 1.79. The predicted octanol–water partition coefficient (Wildman–Crippen LogP) is 4.36. The number of aliphatic hydroxyl groups is 1. The van der Waals surface area contributed by atoms with Gasteiger partial charge < -0.3 is 10.4 Å². The second kappa shape index (κ2) is 7.95. The fourth-order valence-corrected chi connectivity index (χ4v) is 4.51. The van der Waals surface area contributed by atoms with E-state index in [1.165, 1.54) is 22.7 Å². The Labute approximate surface area is 156 Å². The Morgan fingerprint density at radius 1 is 1.16 bits per heavy atom. The maximum Gasteiger partial charge on any atom is 0.227 e. The molecule has 1 amide bonds. The molecule has 3 nitrogen and oxygen atoms in total. The van der Waals surface area contributed by atoms with Gasteiger partial charge in [-0.2, -0.15) is 11.3 Å². The van der Waals surface area contributed by atoms with Crippen LogP contribution in [-0.2, 0) is 10.4 Å². The van der Waals surface area contributed by atoms with Crippen molar-refractivity contribution in [1.82, 2.24) is 5.32 Å². The van der Waals surface area contributed by atoms with E-state index in [-0.39, 0.29) is 18.4 Å². The molecule has 0 aliphatic heterocycles. The molecule has 5 heteroatoms. The Hall–Kier alpha value is -1.95. The molecule has 2 atom stereocenters. The minimum atomic E-state index is -1.20. The van der Waals surface area contributed by atoms with E-state index in [0.29, 0.717) is 6.42 Å². The zero-order valence-corrected chi connectivity index (χ0v) is 15.6. The van der Waals surface area contributed by atoms with Crippen molar-refractivity contribution < 1.29 is 9.90 Å². The SMILES string of the molecule is CC[C@H](C(=O)NC[C@@](O)(c1ccsc1)c1cccs1)c1ccccc1. The molecule has 0 aliphatic rings. The molecular formula is C20H21NO2S2. The van der Waals surface area contributed by atoms with E-state index in [1.54, 1.807) is 0 Å². The van der Waals surface area contributed by atoms with Gasteiger partial charge in [-0.25, -0.2) is 0 Å². The van der Waals surface area contributed by atoms with Gasteiger partial charge in [-0.1, -0.05) is 43.3 Å². The summed E-state index contributed by atoms with van der Waals surface area (Å²) in [6.07, 6.45) is 0.714. The third-order valence-electron chi connectivity index (χ3n) is 4.37. The first-order chi connectivity index (χ1) is 12.1. The molecule has 0 unspecified atom stereocenters. The van der Waals surface area contributed by atoms with Crippen LogP contribution < -0.4 is 5.32 Å². The topological polar surface area (TPSA) is 49.3 Å². The number of nitrogens with one attached hydrogen (secondary N) is 1. The molecule has 0 fully saturated rings. The highest BCUT2D eigenvalue weighted by Crippen LogP contribution is 2.33. The lowest BCUT2D eigenvalue weighted by atomic mass is 9.92. The monoisotopic (exact) mass is 371 g/mol. The van der Waals surface area contributed by atoms with Crippen LogP contribution in [0.1, 0.15) is 35.3 Å². The molecule has 25 heavy (non-hydrogen) atoms. The highest BCUT2D eigenvalue weighted by Gasteiger charge is 2.34. The van der Waals surface area contributed by atoms with E-state index < -0.39 is 5.60 Å². The zero-order chi connectivity index (χ0) is 17.7. The van der Waals surface area contributed by atoms with Crippen molar-refractivity contribution in [3.8, 4) is 0 Å². The lowest BCUT2D eigenvalue weighted by Crippen LogP contribution is -2.42. The van der Waals surface area contributed by atoms with Crippen molar-refractivity contribution in [1.29, 1.82) is 0 Å². The van der Waals surface area contributed by atoms with Crippen LogP contribution in [0.2, 0.25) is 0 Å². The highest BCUT2D eigenvalue weighted by molar-refractivity contribution is 7.10. The second-order valence-corrected chi connectivity index (χ2v) is 7.67. The lowest BCUT2D eigenvalue weighted by molar-refractivity contribution is -0.123. The van der Waals surface area contributed by atoms with Crippen molar-refractivity contribution in [3.05, 3.63) is 80.7 Å². The van der Waals surface area contributed by atoms with Gasteiger partial charge in [-0.3, -0.25) is 4.79 Å². The standard InChI is InChI=1S/C20H21NO2S2/c1-2-17(15-7-4-3-5-8-15)19(22)21-14-20(23,16-10-12-24-13-16)18-9-6-11-25-18/h3-13,17,23H,2,14H2,1H3,(H,21,22)/t17-,20+/m0/s1. The number of benzene rings is 1. The summed E-state index contributed by atoms with van der Waals surface area (Å²) in [5.41, 5.74) is 0.615. The molecule has 0 spiro atoms. The van der Waals surface area contributed by atoms with Crippen molar-refractivity contribution in [2.75, 3.05) is 6.54 Å². The van der Waals surface area contributed by atoms with E-state index in [2.05, 4.69) is 5.32 Å². The fourth-order valence-electron chi connectivity index (χ4n) is 2.94. The number of amides is 1. The van der Waals surface area contributed by atoms with Gasteiger partial charge in [0.05, 0.1) is 12.5 Å². The van der Waals surface area contributed by atoms with Crippen molar-refractivity contribution in [3.63, 3.8) is 0 Å². The first-order valence-corrected chi connectivity index (χ1v) is 10.1. The summed E-state index contributed by atoms with van der Waals surface area (Å²) in [5, 5.41) is 20.1. The highest BCUT2D eigenvalue weighted by atomic mass is 32.1. The van der Waals surface area contributed by atoms with Gasteiger partial charge in [0, 0.05) is 10.4 Å².